The molecule has 0 radical (unpaired) electrons. The van der Waals surface area contributed by atoms with Crippen molar-refractivity contribution in [3.05, 3.63) is 64.6 Å². The van der Waals surface area contributed by atoms with Crippen molar-refractivity contribution in [1.82, 2.24) is 9.47 Å². The zero-order valence-corrected chi connectivity index (χ0v) is 16.8. The standard InChI is InChI=1S/C24H28N2O2/c1-25-22(13-16-26-14-7-4-8-15-26)23(18-9-5-3-6-10-18)21-17-19(28-2)11-12-20(21)24(25)27/h3,5-6,9-12,17H,4,7-8,13-16H2,1-2H3. The number of fused-ring (bicyclic) bond motifs is 1. The summed E-state index contributed by atoms with van der Waals surface area (Å²) in [5.74, 6) is 0.778. The number of piperidine rings is 1. The van der Waals surface area contributed by atoms with Gasteiger partial charge in [0, 0.05) is 42.0 Å². The number of likely N-dealkylation sites (tertiary alicyclic amines) is 1. The first kappa shape index (κ1) is 18.8. The SMILES string of the molecule is COc1ccc2c(=O)n(C)c(CCN3CCCCC3)c(-c3ccccc3)c2c1. The Morgan fingerprint density at radius 3 is 2.43 bits per heavy atom. The van der Waals surface area contributed by atoms with Gasteiger partial charge in [-0.2, -0.15) is 0 Å². The van der Waals surface area contributed by atoms with Crippen LogP contribution in [-0.4, -0.2) is 36.2 Å². The third-order valence-corrected chi connectivity index (χ3v) is 5.90. The zero-order chi connectivity index (χ0) is 19.5. The highest BCUT2D eigenvalue weighted by Crippen LogP contribution is 2.33. The molecule has 1 aliphatic heterocycles. The lowest BCUT2D eigenvalue weighted by atomic mass is 9.95. The van der Waals surface area contributed by atoms with Gasteiger partial charge in [0.25, 0.3) is 5.56 Å². The third kappa shape index (κ3) is 3.57. The number of aromatic nitrogens is 1. The summed E-state index contributed by atoms with van der Waals surface area (Å²) in [6, 6.07) is 16.2. The maximum Gasteiger partial charge on any atom is 0.258 e. The van der Waals surface area contributed by atoms with Crippen LogP contribution in [0.15, 0.2) is 53.3 Å². The van der Waals surface area contributed by atoms with Gasteiger partial charge in [0.1, 0.15) is 5.75 Å². The molecule has 4 rings (SSSR count). The van der Waals surface area contributed by atoms with Gasteiger partial charge in [-0.25, -0.2) is 0 Å². The Morgan fingerprint density at radius 1 is 0.964 bits per heavy atom. The van der Waals surface area contributed by atoms with Crippen molar-refractivity contribution in [2.24, 2.45) is 7.05 Å². The average molecular weight is 377 g/mol. The maximum atomic E-state index is 13.1. The van der Waals surface area contributed by atoms with Crippen molar-refractivity contribution >= 4 is 10.8 Å². The molecule has 0 atom stereocenters. The minimum absolute atomic E-state index is 0.0611. The van der Waals surface area contributed by atoms with E-state index in [0.717, 1.165) is 59.4 Å². The summed E-state index contributed by atoms with van der Waals surface area (Å²) in [6.45, 7) is 3.31. The molecule has 4 heteroatoms. The topological polar surface area (TPSA) is 34.5 Å². The van der Waals surface area contributed by atoms with Crippen molar-refractivity contribution in [2.75, 3.05) is 26.7 Å². The van der Waals surface area contributed by atoms with Gasteiger partial charge in [0.15, 0.2) is 0 Å². The van der Waals surface area contributed by atoms with Gasteiger partial charge in [-0.1, -0.05) is 36.8 Å². The number of hydrogen-bond donors (Lipinski definition) is 0. The molecule has 0 bridgehead atoms. The number of nitrogens with zero attached hydrogens (tertiary/aromatic N) is 2. The van der Waals surface area contributed by atoms with Crippen LogP contribution in [0.2, 0.25) is 0 Å². The summed E-state index contributed by atoms with van der Waals surface area (Å²) in [5, 5.41) is 1.71. The lowest BCUT2D eigenvalue weighted by molar-refractivity contribution is 0.230. The number of hydrogen-bond acceptors (Lipinski definition) is 3. The van der Waals surface area contributed by atoms with Gasteiger partial charge in [0.05, 0.1) is 7.11 Å². The van der Waals surface area contributed by atoms with E-state index in [1.807, 2.05) is 35.9 Å². The van der Waals surface area contributed by atoms with Gasteiger partial charge in [-0.15, -0.1) is 0 Å². The van der Waals surface area contributed by atoms with Crippen LogP contribution in [-0.2, 0) is 13.5 Å². The van der Waals surface area contributed by atoms with Crippen LogP contribution < -0.4 is 10.3 Å². The number of ether oxygens (including phenoxy) is 1. The molecule has 0 N–H and O–H groups in total. The van der Waals surface area contributed by atoms with E-state index in [1.165, 1.54) is 19.3 Å². The quantitative estimate of drug-likeness (QED) is 0.668. The van der Waals surface area contributed by atoms with Crippen molar-refractivity contribution in [3.8, 4) is 16.9 Å². The van der Waals surface area contributed by atoms with Crippen molar-refractivity contribution in [1.29, 1.82) is 0 Å². The van der Waals surface area contributed by atoms with Crippen LogP contribution >= 0.6 is 0 Å². The first-order valence-corrected chi connectivity index (χ1v) is 10.2. The van der Waals surface area contributed by atoms with Crippen LogP contribution in [0.4, 0.5) is 0 Å². The molecule has 0 aliphatic carbocycles. The van der Waals surface area contributed by atoms with Gasteiger partial charge >= 0.3 is 0 Å². The fraction of sp³-hybridized carbons (Fsp3) is 0.375. The number of rotatable bonds is 5. The van der Waals surface area contributed by atoms with Gasteiger partial charge < -0.3 is 14.2 Å². The van der Waals surface area contributed by atoms with Crippen LogP contribution in [0, 0.1) is 0 Å². The van der Waals surface area contributed by atoms with Crippen LogP contribution in [0.5, 0.6) is 5.75 Å². The minimum atomic E-state index is 0.0611. The van der Waals surface area contributed by atoms with Crippen molar-refractivity contribution in [2.45, 2.75) is 25.7 Å². The summed E-state index contributed by atoms with van der Waals surface area (Å²) in [5.41, 5.74) is 3.45. The van der Waals surface area contributed by atoms with Crippen molar-refractivity contribution in [3.63, 3.8) is 0 Å². The lowest BCUT2D eigenvalue weighted by Gasteiger charge is -2.27. The molecule has 1 aromatic heterocycles. The second kappa shape index (κ2) is 8.19. The predicted molar refractivity (Wildman–Crippen MR) is 115 cm³/mol. The van der Waals surface area contributed by atoms with Gasteiger partial charge in [-0.05, 0) is 49.7 Å². The van der Waals surface area contributed by atoms with Crippen molar-refractivity contribution < 1.29 is 4.74 Å². The largest absolute Gasteiger partial charge is 0.497 e. The van der Waals surface area contributed by atoms with Crippen LogP contribution in [0.3, 0.4) is 0 Å². The second-order valence-electron chi connectivity index (χ2n) is 7.62. The van der Waals surface area contributed by atoms with E-state index >= 15 is 0 Å². The zero-order valence-electron chi connectivity index (χ0n) is 16.8. The van der Waals surface area contributed by atoms with E-state index in [0.29, 0.717) is 0 Å². The summed E-state index contributed by atoms with van der Waals surface area (Å²) in [7, 11) is 3.58. The molecule has 0 amide bonds. The van der Waals surface area contributed by atoms with E-state index in [9.17, 15) is 4.79 Å². The predicted octanol–water partition coefficient (Wildman–Crippen LogP) is 4.24. The van der Waals surface area contributed by atoms with E-state index in [2.05, 4.69) is 29.2 Å². The molecule has 1 aliphatic rings. The smallest absolute Gasteiger partial charge is 0.258 e. The first-order chi connectivity index (χ1) is 13.7. The molecule has 4 nitrogen and oxygen atoms in total. The summed E-state index contributed by atoms with van der Waals surface area (Å²) in [6.07, 6.45) is 4.75. The van der Waals surface area contributed by atoms with E-state index in [4.69, 9.17) is 4.74 Å². The Hall–Kier alpha value is -2.59. The van der Waals surface area contributed by atoms with Crippen LogP contribution in [0.1, 0.15) is 25.0 Å². The molecule has 1 saturated heterocycles. The first-order valence-electron chi connectivity index (χ1n) is 10.2. The molecular formula is C24H28N2O2. The number of methoxy groups -OCH3 is 1. The third-order valence-electron chi connectivity index (χ3n) is 5.90. The molecule has 0 unspecified atom stereocenters. The minimum Gasteiger partial charge on any atom is -0.497 e. The van der Waals surface area contributed by atoms with E-state index < -0.39 is 0 Å². The van der Waals surface area contributed by atoms with Gasteiger partial charge in [-0.3, -0.25) is 4.79 Å². The second-order valence-corrected chi connectivity index (χ2v) is 7.62. The number of pyridine rings is 1. The summed E-state index contributed by atoms with van der Waals surface area (Å²) >= 11 is 0. The molecule has 3 aromatic rings. The maximum absolute atomic E-state index is 13.1. The van der Waals surface area contributed by atoms with E-state index in [-0.39, 0.29) is 5.56 Å². The molecular weight excluding hydrogens is 348 g/mol. The number of benzene rings is 2. The molecule has 28 heavy (non-hydrogen) atoms. The molecule has 2 aromatic carbocycles. The highest BCUT2D eigenvalue weighted by Gasteiger charge is 2.18. The Kier molecular flexibility index (Phi) is 5.49. The Balaban J connectivity index is 1.88. The molecule has 2 heterocycles. The highest BCUT2D eigenvalue weighted by atomic mass is 16.5. The molecule has 1 fully saturated rings. The van der Waals surface area contributed by atoms with E-state index in [1.54, 1.807) is 7.11 Å². The summed E-state index contributed by atoms with van der Waals surface area (Å²) in [4.78, 5) is 15.6. The fourth-order valence-electron chi connectivity index (χ4n) is 4.34. The lowest BCUT2D eigenvalue weighted by Crippen LogP contribution is -2.33. The van der Waals surface area contributed by atoms with Gasteiger partial charge in [0.2, 0.25) is 0 Å². The molecule has 0 spiro atoms. The monoisotopic (exact) mass is 376 g/mol. The Bertz CT molecular complexity index is 1020. The van der Waals surface area contributed by atoms with Crippen LogP contribution in [0.25, 0.3) is 21.9 Å². The highest BCUT2D eigenvalue weighted by molar-refractivity contribution is 5.98. The average Bonchev–Trinajstić information content (AvgIpc) is 2.76. The Labute approximate surface area is 166 Å². The fourth-order valence-corrected chi connectivity index (χ4v) is 4.34. The summed E-state index contributed by atoms with van der Waals surface area (Å²) < 4.78 is 7.31. The molecule has 146 valence electrons. The normalized spacial score (nSPS) is 15.1. The molecule has 0 saturated carbocycles. The Morgan fingerprint density at radius 2 is 1.71 bits per heavy atom.